The zero-order valence-electron chi connectivity index (χ0n) is 12.2. The van der Waals surface area contributed by atoms with Crippen LogP contribution >= 0.6 is 34.8 Å². The van der Waals surface area contributed by atoms with Gasteiger partial charge >= 0.3 is 0 Å². The van der Waals surface area contributed by atoms with E-state index < -0.39 is 0 Å². The van der Waals surface area contributed by atoms with E-state index in [-0.39, 0.29) is 6.61 Å². The summed E-state index contributed by atoms with van der Waals surface area (Å²) in [6, 6.07) is 8.98. The molecule has 3 nitrogen and oxygen atoms in total. The number of aromatic nitrogens is 1. The molecule has 0 amide bonds. The molecule has 0 unspecified atom stereocenters. The molecule has 120 valence electrons. The van der Waals surface area contributed by atoms with E-state index in [4.69, 9.17) is 44.3 Å². The monoisotopic (exact) mass is 369 g/mol. The van der Waals surface area contributed by atoms with Gasteiger partial charge in [-0.3, -0.25) is 0 Å². The Morgan fingerprint density at radius 1 is 1.09 bits per heavy atom. The molecule has 23 heavy (non-hydrogen) atoms. The SMILES string of the molecule is OCCCc1cc(Cl)cc2nc(Cc3c(Cl)cccc3Cl)oc12. The third kappa shape index (κ3) is 3.64. The van der Waals surface area contributed by atoms with Gasteiger partial charge in [0.2, 0.25) is 0 Å². The Hall–Kier alpha value is -1.26. The Bertz CT molecular complexity index is 825. The fourth-order valence-electron chi connectivity index (χ4n) is 2.49. The maximum Gasteiger partial charge on any atom is 0.200 e. The summed E-state index contributed by atoms with van der Waals surface area (Å²) in [5.74, 6) is 0.530. The minimum atomic E-state index is 0.115. The number of aliphatic hydroxyl groups excluding tert-OH is 1. The van der Waals surface area contributed by atoms with Crippen molar-refractivity contribution >= 4 is 45.9 Å². The van der Waals surface area contributed by atoms with E-state index in [0.717, 1.165) is 11.1 Å². The molecule has 1 heterocycles. The molecule has 0 aliphatic rings. The molecule has 3 aromatic rings. The number of nitrogens with zero attached hydrogens (tertiary/aromatic N) is 1. The summed E-state index contributed by atoms with van der Waals surface area (Å²) in [4.78, 5) is 4.49. The van der Waals surface area contributed by atoms with E-state index in [2.05, 4.69) is 4.98 Å². The summed E-state index contributed by atoms with van der Waals surface area (Å²) in [5.41, 5.74) is 3.11. The average molecular weight is 371 g/mol. The van der Waals surface area contributed by atoms with Crippen LogP contribution in [0.25, 0.3) is 11.1 Å². The molecular weight excluding hydrogens is 357 g/mol. The molecule has 1 aromatic heterocycles. The first-order valence-corrected chi connectivity index (χ1v) is 8.33. The van der Waals surface area contributed by atoms with Gasteiger partial charge < -0.3 is 9.52 Å². The number of benzene rings is 2. The Kier molecular flexibility index (Phi) is 5.12. The van der Waals surface area contributed by atoms with Crippen molar-refractivity contribution in [3.05, 3.63) is 62.4 Å². The van der Waals surface area contributed by atoms with Gasteiger partial charge in [0.25, 0.3) is 0 Å². The standard InChI is InChI=1S/C17H14Cl3NO2/c18-11-7-10(3-2-6-22)17-15(8-11)21-16(23-17)9-12-13(19)4-1-5-14(12)20/h1,4-5,7-8,22H,2-3,6,9H2. The number of rotatable bonds is 5. The molecule has 0 bridgehead atoms. The van der Waals surface area contributed by atoms with Crippen LogP contribution in [-0.2, 0) is 12.8 Å². The Morgan fingerprint density at radius 3 is 2.52 bits per heavy atom. The fraction of sp³-hybridized carbons (Fsp3) is 0.235. The summed E-state index contributed by atoms with van der Waals surface area (Å²) < 4.78 is 5.90. The molecule has 0 saturated heterocycles. The molecule has 6 heteroatoms. The lowest BCUT2D eigenvalue weighted by atomic mass is 10.1. The van der Waals surface area contributed by atoms with Crippen molar-refractivity contribution in [3.8, 4) is 0 Å². The normalized spacial score (nSPS) is 11.3. The van der Waals surface area contributed by atoms with Gasteiger partial charge in [-0.25, -0.2) is 4.98 Å². The lowest BCUT2D eigenvalue weighted by molar-refractivity contribution is 0.288. The van der Waals surface area contributed by atoms with Crippen LogP contribution in [0.5, 0.6) is 0 Å². The van der Waals surface area contributed by atoms with Gasteiger partial charge in [0.05, 0.1) is 6.42 Å². The highest BCUT2D eigenvalue weighted by molar-refractivity contribution is 6.36. The smallest absolute Gasteiger partial charge is 0.200 e. The van der Waals surface area contributed by atoms with Crippen molar-refractivity contribution in [2.24, 2.45) is 0 Å². The van der Waals surface area contributed by atoms with Crippen molar-refractivity contribution in [2.75, 3.05) is 6.61 Å². The van der Waals surface area contributed by atoms with E-state index in [1.165, 1.54) is 0 Å². The number of hydrogen-bond donors (Lipinski definition) is 1. The van der Waals surface area contributed by atoms with Crippen LogP contribution < -0.4 is 0 Å². The van der Waals surface area contributed by atoms with Gasteiger partial charge in [-0.15, -0.1) is 0 Å². The van der Waals surface area contributed by atoms with Crippen LogP contribution in [0.2, 0.25) is 15.1 Å². The first-order chi connectivity index (χ1) is 11.1. The average Bonchev–Trinajstić information content (AvgIpc) is 2.91. The predicted molar refractivity (Wildman–Crippen MR) is 93.7 cm³/mol. The van der Waals surface area contributed by atoms with Crippen molar-refractivity contribution in [1.29, 1.82) is 0 Å². The van der Waals surface area contributed by atoms with Crippen molar-refractivity contribution < 1.29 is 9.52 Å². The molecule has 0 atom stereocenters. The number of aryl methyl sites for hydroxylation is 1. The quantitative estimate of drug-likeness (QED) is 0.662. The zero-order valence-corrected chi connectivity index (χ0v) is 14.4. The molecule has 0 saturated carbocycles. The molecule has 2 aromatic carbocycles. The van der Waals surface area contributed by atoms with Gasteiger partial charge in [0.15, 0.2) is 11.5 Å². The largest absolute Gasteiger partial charge is 0.440 e. The van der Waals surface area contributed by atoms with Crippen molar-refractivity contribution in [1.82, 2.24) is 4.98 Å². The minimum absolute atomic E-state index is 0.115. The second kappa shape index (κ2) is 7.10. The second-order valence-corrected chi connectivity index (χ2v) is 6.48. The molecule has 3 rings (SSSR count). The molecular formula is C17H14Cl3NO2. The Morgan fingerprint density at radius 2 is 1.83 bits per heavy atom. The predicted octanol–water partition coefficient (Wildman–Crippen LogP) is 5.30. The van der Waals surface area contributed by atoms with Crippen LogP contribution in [0.15, 0.2) is 34.7 Å². The minimum Gasteiger partial charge on any atom is -0.440 e. The van der Waals surface area contributed by atoms with Gasteiger partial charge in [-0.2, -0.15) is 0 Å². The summed E-state index contributed by atoms with van der Waals surface area (Å²) >= 11 is 18.5. The number of halogens is 3. The Labute approximate surface area is 148 Å². The first-order valence-electron chi connectivity index (χ1n) is 7.20. The first kappa shape index (κ1) is 16.6. The number of aliphatic hydroxyl groups is 1. The highest BCUT2D eigenvalue weighted by Crippen LogP contribution is 2.30. The summed E-state index contributed by atoms with van der Waals surface area (Å²) in [6.45, 7) is 0.115. The van der Waals surface area contributed by atoms with Crippen molar-refractivity contribution in [2.45, 2.75) is 19.3 Å². The summed E-state index contributed by atoms with van der Waals surface area (Å²) in [6.07, 6.45) is 1.72. The maximum absolute atomic E-state index is 9.02. The fourth-order valence-corrected chi connectivity index (χ4v) is 3.26. The number of fused-ring (bicyclic) bond motifs is 1. The van der Waals surface area contributed by atoms with E-state index >= 15 is 0 Å². The van der Waals surface area contributed by atoms with Gasteiger partial charge in [-0.05, 0) is 48.2 Å². The third-order valence-electron chi connectivity index (χ3n) is 3.57. The van der Waals surface area contributed by atoms with E-state index in [1.807, 2.05) is 6.07 Å². The summed E-state index contributed by atoms with van der Waals surface area (Å²) in [5, 5.41) is 10.8. The van der Waals surface area contributed by atoms with Gasteiger partial charge in [0.1, 0.15) is 5.52 Å². The van der Waals surface area contributed by atoms with E-state index in [1.54, 1.807) is 24.3 Å². The maximum atomic E-state index is 9.02. The highest BCUT2D eigenvalue weighted by atomic mass is 35.5. The number of hydrogen-bond acceptors (Lipinski definition) is 3. The molecule has 0 fully saturated rings. The summed E-state index contributed by atoms with van der Waals surface area (Å²) in [7, 11) is 0. The third-order valence-corrected chi connectivity index (χ3v) is 4.50. The highest BCUT2D eigenvalue weighted by Gasteiger charge is 2.14. The van der Waals surface area contributed by atoms with Crippen LogP contribution in [-0.4, -0.2) is 16.7 Å². The van der Waals surface area contributed by atoms with Crippen LogP contribution in [0.4, 0.5) is 0 Å². The van der Waals surface area contributed by atoms with E-state index in [9.17, 15) is 0 Å². The molecule has 0 aliphatic heterocycles. The van der Waals surface area contributed by atoms with Gasteiger partial charge in [-0.1, -0.05) is 40.9 Å². The topological polar surface area (TPSA) is 46.3 Å². The molecule has 0 radical (unpaired) electrons. The Balaban J connectivity index is 2.00. The molecule has 0 aliphatic carbocycles. The van der Waals surface area contributed by atoms with Crippen LogP contribution in [0.3, 0.4) is 0 Å². The van der Waals surface area contributed by atoms with Gasteiger partial charge in [0, 0.05) is 21.7 Å². The second-order valence-electron chi connectivity index (χ2n) is 5.22. The number of oxazole rings is 1. The van der Waals surface area contributed by atoms with Crippen LogP contribution in [0.1, 0.15) is 23.4 Å². The zero-order chi connectivity index (χ0) is 16.4. The lowest BCUT2D eigenvalue weighted by Crippen LogP contribution is -1.90. The van der Waals surface area contributed by atoms with Crippen molar-refractivity contribution in [3.63, 3.8) is 0 Å². The van der Waals surface area contributed by atoms with E-state index in [0.29, 0.717) is 51.3 Å². The van der Waals surface area contributed by atoms with Crippen LogP contribution in [0, 0.1) is 0 Å². The lowest BCUT2D eigenvalue weighted by Gasteiger charge is -2.03. The molecule has 1 N–H and O–H groups in total. The molecule has 0 spiro atoms.